The minimum atomic E-state index is -0.605. The first-order valence-electron chi connectivity index (χ1n) is 12.2. The summed E-state index contributed by atoms with van der Waals surface area (Å²) in [6.45, 7) is 3.87. The number of hydrogen-bond donors (Lipinski definition) is 1. The second-order valence-corrected chi connectivity index (χ2v) is 9.09. The molecule has 0 aliphatic heterocycles. The lowest BCUT2D eigenvalue weighted by Crippen LogP contribution is -2.25. The number of methoxy groups -OCH3 is 1. The van der Waals surface area contributed by atoms with Gasteiger partial charge in [-0.2, -0.15) is 0 Å². The van der Waals surface area contributed by atoms with Crippen molar-refractivity contribution < 1.29 is 18.7 Å². The smallest absolute Gasteiger partial charge is 0.262 e. The van der Waals surface area contributed by atoms with Crippen molar-refractivity contribution in [2.45, 2.75) is 19.9 Å². The van der Waals surface area contributed by atoms with Crippen LogP contribution in [-0.4, -0.2) is 27.6 Å². The zero-order valence-corrected chi connectivity index (χ0v) is 21.5. The highest BCUT2D eigenvalue weighted by Gasteiger charge is 2.18. The van der Waals surface area contributed by atoms with E-state index in [9.17, 15) is 14.0 Å². The fourth-order valence-corrected chi connectivity index (χ4v) is 4.03. The van der Waals surface area contributed by atoms with E-state index in [1.54, 1.807) is 42.3 Å². The molecule has 9 heteroatoms. The van der Waals surface area contributed by atoms with E-state index < -0.39 is 17.2 Å². The summed E-state index contributed by atoms with van der Waals surface area (Å²) in [6, 6.07) is 16.1. The number of rotatable bonds is 7. The zero-order valence-electron chi connectivity index (χ0n) is 21.5. The van der Waals surface area contributed by atoms with Crippen LogP contribution in [0.2, 0.25) is 0 Å². The molecule has 196 valence electrons. The lowest BCUT2D eigenvalue weighted by molar-refractivity contribution is 0.102. The van der Waals surface area contributed by atoms with Crippen LogP contribution in [0.25, 0.3) is 22.0 Å². The molecular weight excluding hydrogens is 499 g/mol. The average molecular weight is 525 g/mol. The number of fused-ring (bicyclic) bond motifs is 1. The highest BCUT2D eigenvalue weighted by atomic mass is 19.1. The van der Waals surface area contributed by atoms with E-state index in [1.165, 1.54) is 36.7 Å². The van der Waals surface area contributed by atoms with Gasteiger partial charge in [-0.15, -0.1) is 0 Å². The third-order valence-electron chi connectivity index (χ3n) is 6.16. The van der Waals surface area contributed by atoms with Crippen LogP contribution in [0.3, 0.4) is 0 Å². The molecule has 0 aliphatic carbocycles. The Morgan fingerprint density at radius 1 is 0.974 bits per heavy atom. The molecule has 3 heterocycles. The van der Waals surface area contributed by atoms with Crippen LogP contribution in [-0.2, 0) is 0 Å². The van der Waals surface area contributed by atoms with Crippen LogP contribution >= 0.6 is 0 Å². The molecule has 0 radical (unpaired) electrons. The number of carbonyl (C=O) groups excluding carboxylic acids is 1. The van der Waals surface area contributed by atoms with Crippen LogP contribution in [0.4, 0.5) is 10.2 Å². The summed E-state index contributed by atoms with van der Waals surface area (Å²) in [6.07, 6.45) is 6.30. The molecule has 0 spiro atoms. The molecule has 8 nitrogen and oxygen atoms in total. The molecule has 0 atom stereocenters. The second-order valence-electron chi connectivity index (χ2n) is 9.09. The van der Waals surface area contributed by atoms with Crippen LogP contribution < -0.4 is 20.2 Å². The van der Waals surface area contributed by atoms with E-state index in [0.717, 1.165) is 10.9 Å². The van der Waals surface area contributed by atoms with E-state index in [4.69, 9.17) is 9.47 Å². The van der Waals surface area contributed by atoms with Crippen LogP contribution in [0.5, 0.6) is 17.2 Å². The largest absolute Gasteiger partial charge is 0.497 e. The van der Waals surface area contributed by atoms with E-state index in [-0.39, 0.29) is 17.4 Å². The topological polar surface area (TPSA) is 95.3 Å². The van der Waals surface area contributed by atoms with Gasteiger partial charge in [-0.1, -0.05) is 12.1 Å². The second kappa shape index (κ2) is 10.7. The first-order chi connectivity index (χ1) is 18.8. The number of nitrogens with one attached hydrogen (secondary N) is 1. The van der Waals surface area contributed by atoms with Gasteiger partial charge in [0, 0.05) is 35.6 Å². The van der Waals surface area contributed by atoms with Gasteiger partial charge in [0.25, 0.3) is 5.91 Å². The number of benzene rings is 2. The fraction of sp³-hybridized carbons (Fsp3) is 0.133. The number of carbonyl (C=O) groups is 1. The maximum atomic E-state index is 13.4. The Kier molecular flexibility index (Phi) is 7.05. The molecule has 2 aromatic carbocycles. The Balaban J connectivity index is 1.39. The van der Waals surface area contributed by atoms with Crippen LogP contribution in [0.15, 0.2) is 90.2 Å². The Morgan fingerprint density at radius 2 is 1.74 bits per heavy atom. The van der Waals surface area contributed by atoms with Crippen LogP contribution in [0, 0.1) is 5.82 Å². The summed E-state index contributed by atoms with van der Waals surface area (Å²) >= 11 is 0. The van der Waals surface area contributed by atoms with Crippen molar-refractivity contribution in [2.75, 3.05) is 12.4 Å². The Hall–Kier alpha value is -5.05. The fourth-order valence-electron chi connectivity index (χ4n) is 4.03. The first-order valence-corrected chi connectivity index (χ1v) is 12.2. The minimum absolute atomic E-state index is 0.0184. The summed E-state index contributed by atoms with van der Waals surface area (Å²) in [5, 5.41) is 3.46. The molecule has 0 aliphatic rings. The normalized spacial score (nSPS) is 11.0. The first kappa shape index (κ1) is 25.6. The molecule has 1 N–H and O–H groups in total. The molecule has 39 heavy (non-hydrogen) atoms. The van der Waals surface area contributed by atoms with E-state index in [2.05, 4.69) is 15.3 Å². The molecule has 0 saturated heterocycles. The van der Waals surface area contributed by atoms with Crippen molar-refractivity contribution >= 4 is 22.6 Å². The standard InChI is InChI=1S/C30H25FN4O4/c1-18(2)35-16-24(19-4-6-20(31)7-5-19)29(36)25(17-35)30(37)34-28-11-9-22(15-33-28)39-27-12-13-32-26-10-8-21(38-3)14-23(26)27/h4-18H,1-3H3,(H,33,34,37). The van der Waals surface area contributed by atoms with E-state index in [1.807, 2.05) is 32.0 Å². The summed E-state index contributed by atoms with van der Waals surface area (Å²) < 4.78 is 26.5. The Labute approximate surface area is 223 Å². The predicted octanol–water partition coefficient (Wildman–Crippen LogP) is 6.23. The molecule has 5 aromatic rings. The Bertz CT molecular complexity index is 1720. The van der Waals surface area contributed by atoms with Crippen LogP contribution in [0.1, 0.15) is 30.2 Å². The lowest BCUT2D eigenvalue weighted by Gasteiger charge is -2.15. The van der Waals surface area contributed by atoms with Crippen molar-refractivity contribution in [3.8, 4) is 28.4 Å². The van der Waals surface area contributed by atoms with Gasteiger partial charge in [0.15, 0.2) is 0 Å². The van der Waals surface area contributed by atoms with Crippen molar-refractivity contribution in [3.63, 3.8) is 0 Å². The zero-order chi connectivity index (χ0) is 27.5. The van der Waals surface area contributed by atoms with Gasteiger partial charge in [-0.3, -0.25) is 14.6 Å². The molecule has 0 fully saturated rings. The molecular formula is C30H25FN4O4. The highest BCUT2D eigenvalue weighted by molar-refractivity contribution is 6.04. The van der Waals surface area contributed by atoms with Crippen molar-refractivity contribution in [2.24, 2.45) is 0 Å². The van der Waals surface area contributed by atoms with Gasteiger partial charge in [0.05, 0.1) is 18.8 Å². The van der Waals surface area contributed by atoms with Gasteiger partial charge in [-0.25, -0.2) is 9.37 Å². The molecule has 0 bridgehead atoms. The monoisotopic (exact) mass is 524 g/mol. The maximum absolute atomic E-state index is 13.4. The van der Waals surface area contributed by atoms with Gasteiger partial charge in [-0.05, 0) is 67.9 Å². The number of halogens is 1. The van der Waals surface area contributed by atoms with Gasteiger partial charge < -0.3 is 19.4 Å². The van der Waals surface area contributed by atoms with Gasteiger partial charge >= 0.3 is 0 Å². The summed E-state index contributed by atoms with van der Waals surface area (Å²) in [7, 11) is 1.59. The van der Waals surface area contributed by atoms with Gasteiger partial charge in [0.1, 0.15) is 34.4 Å². The van der Waals surface area contributed by atoms with Crippen molar-refractivity contribution in [1.82, 2.24) is 14.5 Å². The quantitative estimate of drug-likeness (QED) is 0.271. The number of anilines is 1. The average Bonchev–Trinajstić information content (AvgIpc) is 2.94. The molecule has 0 saturated carbocycles. The number of ether oxygens (including phenoxy) is 2. The summed E-state index contributed by atoms with van der Waals surface area (Å²) in [4.78, 5) is 35.0. The third kappa shape index (κ3) is 5.47. The van der Waals surface area contributed by atoms with Gasteiger partial charge in [0.2, 0.25) is 5.43 Å². The number of pyridine rings is 3. The van der Waals surface area contributed by atoms with Crippen molar-refractivity contribution in [3.05, 3.63) is 107 Å². The maximum Gasteiger partial charge on any atom is 0.262 e. The molecule has 0 unspecified atom stereocenters. The highest BCUT2D eigenvalue weighted by Crippen LogP contribution is 2.31. The third-order valence-corrected chi connectivity index (χ3v) is 6.16. The van der Waals surface area contributed by atoms with E-state index in [0.29, 0.717) is 28.4 Å². The number of nitrogens with zero attached hydrogens (tertiary/aromatic N) is 3. The van der Waals surface area contributed by atoms with E-state index >= 15 is 0 Å². The minimum Gasteiger partial charge on any atom is -0.497 e. The molecule has 3 aromatic heterocycles. The summed E-state index contributed by atoms with van der Waals surface area (Å²) in [5.41, 5.74) is 1.06. The molecule has 5 rings (SSSR count). The number of aromatic nitrogens is 3. The summed E-state index contributed by atoms with van der Waals surface area (Å²) in [5.74, 6) is 0.930. The lowest BCUT2D eigenvalue weighted by atomic mass is 10.0. The molecule has 1 amide bonds. The Morgan fingerprint density at radius 3 is 2.44 bits per heavy atom. The number of hydrogen-bond acceptors (Lipinski definition) is 6. The SMILES string of the molecule is COc1ccc2nccc(Oc3ccc(NC(=O)c4cn(C(C)C)cc(-c5ccc(F)cc5)c4=O)nc3)c2c1. The van der Waals surface area contributed by atoms with Crippen molar-refractivity contribution in [1.29, 1.82) is 0 Å². The predicted molar refractivity (Wildman–Crippen MR) is 147 cm³/mol. The number of amides is 1.